The first-order valence-electron chi connectivity index (χ1n) is 11.2. The van der Waals surface area contributed by atoms with Crippen LogP contribution in [0.1, 0.15) is 67.0 Å². The van der Waals surface area contributed by atoms with E-state index in [-0.39, 0.29) is 17.9 Å². The van der Waals surface area contributed by atoms with Gasteiger partial charge in [0.05, 0.1) is 11.7 Å². The Morgan fingerprint density at radius 3 is 2.39 bits per heavy atom. The minimum Gasteiger partial charge on any atom is -0.366 e. The van der Waals surface area contributed by atoms with Crippen molar-refractivity contribution in [3.63, 3.8) is 0 Å². The van der Waals surface area contributed by atoms with Crippen LogP contribution in [0.25, 0.3) is 11.1 Å². The number of rotatable bonds is 5. The molecule has 4 rings (SSSR count). The molecule has 0 spiro atoms. The summed E-state index contributed by atoms with van der Waals surface area (Å²) in [7, 11) is 3.83. The zero-order chi connectivity index (χ0) is 22.0. The average molecular weight is 422 g/mol. The smallest absolute Gasteiger partial charge is 0.248 e. The van der Waals surface area contributed by atoms with E-state index in [0.29, 0.717) is 11.5 Å². The van der Waals surface area contributed by atoms with Crippen LogP contribution in [0.2, 0.25) is 0 Å². The van der Waals surface area contributed by atoms with E-state index in [1.54, 1.807) is 12.1 Å². The maximum Gasteiger partial charge on any atom is 0.248 e. The van der Waals surface area contributed by atoms with Crippen molar-refractivity contribution in [1.82, 2.24) is 14.9 Å². The van der Waals surface area contributed by atoms with Crippen molar-refractivity contribution in [3.05, 3.63) is 41.7 Å². The zero-order valence-corrected chi connectivity index (χ0v) is 18.4. The van der Waals surface area contributed by atoms with E-state index in [2.05, 4.69) is 9.88 Å². The molecule has 2 N–H and O–H groups in total. The SMILES string of the molecule is CN(C)c1ncc(-c2ccc(C(N)=O)cc2)c([C@H]2CCCN2C(=O)C2CCCCC2)n1. The van der Waals surface area contributed by atoms with Gasteiger partial charge in [-0.2, -0.15) is 0 Å². The number of aromatic nitrogens is 2. The number of nitrogens with two attached hydrogens (primary N) is 1. The number of hydrogen-bond donors (Lipinski definition) is 1. The van der Waals surface area contributed by atoms with Crippen molar-refractivity contribution in [2.75, 3.05) is 25.5 Å². The van der Waals surface area contributed by atoms with E-state index in [1.807, 2.05) is 37.3 Å². The number of carbonyl (C=O) groups excluding carboxylic acids is 2. The van der Waals surface area contributed by atoms with Crippen LogP contribution in [-0.4, -0.2) is 47.3 Å². The second kappa shape index (κ2) is 9.04. The Morgan fingerprint density at radius 1 is 1.03 bits per heavy atom. The highest BCUT2D eigenvalue weighted by Crippen LogP contribution is 2.39. The van der Waals surface area contributed by atoms with E-state index in [0.717, 1.165) is 61.9 Å². The molecular weight excluding hydrogens is 390 g/mol. The molecule has 2 aromatic rings. The second-order valence-electron chi connectivity index (χ2n) is 8.83. The average Bonchev–Trinajstić information content (AvgIpc) is 3.28. The predicted molar refractivity (Wildman–Crippen MR) is 121 cm³/mol. The lowest BCUT2D eigenvalue weighted by Crippen LogP contribution is -2.37. The lowest BCUT2D eigenvalue weighted by atomic mass is 9.88. The Hall–Kier alpha value is -2.96. The summed E-state index contributed by atoms with van der Waals surface area (Å²) in [5, 5.41) is 0. The highest BCUT2D eigenvalue weighted by Gasteiger charge is 2.36. The molecule has 1 atom stereocenters. The summed E-state index contributed by atoms with van der Waals surface area (Å²) in [6.07, 6.45) is 9.22. The molecule has 2 fully saturated rings. The number of primary amides is 1. The number of hydrogen-bond acceptors (Lipinski definition) is 5. The summed E-state index contributed by atoms with van der Waals surface area (Å²) < 4.78 is 0. The third-order valence-corrected chi connectivity index (χ3v) is 6.49. The Bertz CT molecular complexity index is 951. The topological polar surface area (TPSA) is 92.4 Å². The van der Waals surface area contributed by atoms with E-state index in [1.165, 1.54) is 6.42 Å². The van der Waals surface area contributed by atoms with Gasteiger partial charge in [-0.1, -0.05) is 31.4 Å². The molecule has 1 aromatic heterocycles. The summed E-state index contributed by atoms with van der Waals surface area (Å²) >= 11 is 0. The summed E-state index contributed by atoms with van der Waals surface area (Å²) in [5.74, 6) is 0.598. The maximum atomic E-state index is 13.4. The molecule has 2 amide bonds. The van der Waals surface area contributed by atoms with Gasteiger partial charge >= 0.3 is 0 Å². The van der Waals surface area contributed by atoms with Crippen LogP contribution < -0.4 is 10.6 Å². The number of benzene rings is 1. The summed E-state index contributed by atoms with van der Waals surface area (Å²) in [6, 6.07) is 7.14. The molecular formula is C24H31N5O2. The van der Waals surface area contributed by atoms with Crippen LogP contribution in [0.5, 0.6) is 0 Å². The van der Waals surface area contributed by atoms with Gasteiger partial charge in [0.15, 0.2) is 0 Å². The number of nitrogens with zero attached hydrogens (tertiary/aromatic N) is 4. The van der Waals surface area contributed by atoms with Crippen LogP contribution in [0.15, 0.2) is 30.5 Å². The number of likely N-dealkylation sites (tertiary alicyclic amines) is 1. The van der Waals surface area contributed by atoms with E-state index >= 15 is 0 Å². The van der Waals surface area contributed by atoms with Gasteiger partial charge in [0.1, 0.15) is 0 Å². The van der Waals surface area contributed by atoms with Gasteiger partial charge in [0.2, 0.25) is 17.8 Å². The molecule has 2 aliphatic rings. The molecule has 1 aliphatic carbocycles. The van der Waals surface area contributed by atoms with Crippen LogP contribution in [0.4, 0.5) is 5.95 Å². The number of anilines is 1. The highest BCUT2D eigenvalue weighted by molar-refractivity contribution is 5.93. The molecule has 7 heteroatoms. The van der Waals surface area contributed by atoms with Gasteiger partial charge < -0.3 is 15.5 Å². The molecule has 1 aliphatic heterocycles. The molecule has 7 nitrogen and oxygen atoms in total. The monoisotopic (exact) mass is 421 g/mol. The van der Waals surface area contributed by atoms with Crippen molar-refractivity contribution >= 4 is 17.8 Å². The fourth-order valence-corrected chi connectivity index (χ4v) is 4.79. The fraction of sp³-hybridized carbons (Fsp3) is 0.500. The lowest BCUT2D eigenvalue weighted by Gasteiger charge is -2.31. The molecule has 164 valence electrons. The first-order chi connectivity index (χ1) is 15.0. The number of amides is 2. The summed E-state index contributed by atoms with van der Waals surface area (Å²) in [4.78, 5) is 38.2. The van der Waals surface area contributed by atoms with Gasteiger partial charge in [-0.25, -0.2) is 9.97 Å². The van der Waals surface area contributed by atoms with Crippen molar-refractivity contribution in [2.24, 2.45) is 11.7 Å². The van der Waals surface area contributed by atoms with E-state index in [4.69, 9.17) is 10.7 Å². The largest absolute Gasteiger partial charge is 0.366 e. The Kier molecular flexibility index (Phi) is 6.20. The fourth-order valence-electron chi connectivity index (χ4n) is 4.79. The van der Waals surface area contributed by atoms with Gasteiger partial charge in [-0.3, -0.25) is 9.59 Å². The third-order valence-electron chi connectivity index (χ3n) is 6.49. The zero-order valence-electron chi connectivity index (χ0n) is 18.4. The van der Waals surface area contributed by atoms with Crippen molar-refractivity contribution < 1.29 is 9.59 Å². The Labute approximate surface area is 183 Å². The quantitative estimate of drug-likeness (QED) is 0.797. The van der Waals surface area contributed by atoms with E-state index in [9.17, 15) is 9.59 Å². The molecule has 0 radical (unpaired) electrons. The van der Waals surface area contributed by atoms with Crippen LogP contribution in [-0.2, 0) is 4.79 Å². The molecule has 1 saturated carbocycles. The van der Waals surface area contributed by atoms with Crippen LogP contribution in [0.3, 0.4) is 0 Å². The molecule has 31 heavy (non-hydrogen) atoms. The van der Waals surface area contributed by atoms with Crippen molar-refractivity contribution in [3.8, 4) is 11.1 Å². The maximum absolute atomic E-state index is 13.4. The highest BCUT2D eigenvalue weighted by atomic mass is 16.2. The molecule has 2 heterocycles. The van der Waals surface area contributed by atoms with Gasteiger partial charge in [0, 0.05) is 43.9 Å². The minimum absolute atomic E-state index is 0.0538. The van der Waals surface area contributed by atoms with Crippen molar-refractivity contribution in [2.45, 2.75) is 51.0 Å². The molecule has 0 unspecified atom stereocenters. The van der Waals surface area contributed by atoms with Gasteiger partial charge in [-0.15, -0.1) is 0 Å². The lowest BCUT2D eigenvalue weighted by molar-refractivity contribution is -0.137. The van der Waals surface area contributed by atoms with Crippen LogP contribution >= 0.6 is 0 Å². The third kappa shape index (κ3) is 4.40. The summed E-state index contributed by atoms with van der Waals surface area (Å²) in [6.45, 7) is 0.779. The van der Waals surface area contributed by atoms with Gasteiger partial charge in [-0.05, 0) is 43.4 Å². The van der Waals surface area contributed by atoms with Crippen molar-refractivity contribution in [1.29, 1.82) is 0 Å². The number of carbonyl (C=O) groups is 2. The summed E-state index contributed by atoms with van der Waals surface area (Å²) in [5.41, 5.74) is 8.56. The Balaban J connectivity index is 1.71. The van der Waals surface area contributed by atoms with E-state index < -0.39 is 5.91 Å². The molecule has 1 aromatic carbocycles. The van der Waals surface area contributed by atoms with Gasteiger partial charge in [0.25, 0.3) is 0 Å². The first-order valence-corrected chi connectivity index (χ1v) is 11.2. The molecule has 0 bridgehead atoms. The first kappa shape index (κ1) is 21.3. The normalized spacial score (nSPS) is 19.4. The second-order valence-corrected chi connectivity index (χ2v) is 8.83. The van der Waals surface area contributed by atoms with Crippen LogP contribution in [0, 0.1) is 5.92 Å². The minimum atomic E-state index is -0.453. The molecule has 1 saturated heterocycles. The predicted octanol–water partition coefficient (Wildman–Crippen LogP) is 3.55. The standard InChI is InChI=1S/C24H31N5O2/c1-28(2)24-26-15-19(16-10-12-17(13-11-16)22(25)30)21(27-24)20-9-6-14-29(20)23(31)18-7-4-3-5-8-18/h10-13,15,18,20H,3-9,14H2,1-2H3,(H2,25,30)/t20-/m1/s1. The Morgan fingerprint density at radius 2 is 1.74 bits per heavy atom.